The number of amides is 1. The third-order valence-electron chi connectivity index (χ3n) is 1.68. The third-order valence-corrected chi connectivity index (χ3v) is 1.68. The van der Waals surface area contributed by atoms with Crippen molar-refractivity contribution in [2.75, 3.05) is 6.61 Å². The molecule has 0 bridgehead atoms. The summed E-state index contributed by atoms with van der Waals surface area (Å²) in [6.45, 7) is 4.78. The van der Waals surface area contributed by atoms with Gasteiger partial charge in [-0.2, -0.15) is 0 Å². The van der Waals surface area contributed by atoms with Gasteiger partial charge in [0.05, 0.1) is 12.9 Å². The number of carbonyl (C=O) groups excluding carboxylic acids is 1. The van der Waals surface area contributed by atoms with Gasteiger partial charge in [0.15, 0.2) is 0 Å². The topological polar surface area (TPSA) is 56.1 Å². The van der Waals surface area contributed by atoms with Gasteiger partial charge in [0.2, 0.25) is 0 Å². The minimum absolute atomic E-state index is 0.0308. The summed E-state index contributed by atoms with van der Waals surface area (Å²) in [5.41, 5.74) is 0. The van der Waals surface area contributed by atoms with E-state index in [1.807, 2.05) is 17.7 Å². The lowest BCUT2D eigenvalue weighted by molar-refractivity contribution is 0.148. The second kappa shape index (κ2) is 5.26. The highest BCUT2D eigenvalue weighted by molar-refractivity contribution is 5.67. The summed E-state index contributed by atoms with van der Waals surface area (Å²) in [6.07, 6.45) is 4.89. The fourth-order valence-electron chi connectivity index (χ4n) is 1.13. The largest absolute Gasteiger partial charge is 0.450 e. The van der Waals surface area contributed by atoms with Gasteiger partial charge < -0.3 is 14.6 Å². The van der Waals surface area contributed by atoms with E-state index < -0.39 is 0 Å². The quantitative estimate of drug-likeness (QED) is 0.784. The number of alkyl carbamates (subject to hydrolysis) is 1. The minimum atomic E-state index is -0.375. The zero-order chi connectivity index (χ0) is 10.4. The third kappa shape index (κ3) is 3.47. The maximum absolute atomic E-state index is 11.0. The fraction of sp³-hybridized carbons (Fsp3) is 0.556. The summed E-state index contributed by atoms with van der Waals surface area (Å²) in [4.78, 5) is 14.9. The van der Waals surface area contributed by atoms with E-state index in [1.54, 1.807) is 19.4 Å². The van der Waals surface area contributed by atoms with Crippen LogP contribution in [0.2, 0.25) is 0 Å². The summed E-state index contributed by atoms with van der Waals surface area (Å²) in [7, 11) is 0. The van der Waals surface area contributed by atoms with E-state index in [0.717, 1.165) is 0 Å². The standard InChI is InChI=1S/C9H15N3O2/c1-3-14-9(13)11-8(2)6-12-5-4-10-7-12/h4-5,7-8H,3,6H2,1-2H3,(H,11,13). The molecule has 5 heteroatoms. The van der Waals surface area contributed by atoms with Gasteiger partial charge in [-0.3, -0.25) is 0 Å². The highest BCUT2D eigenvalue weighted by Gasteiger charge is 2.07. The number of aromatic nitrogens is 2. The molecule has 1 N–H and O–H groups in total. The molecule has 1 aromatic heterocycles. The van der Waals surface area contributed by atoms with Gasteiger partial charge in [0, 0.05) is 25.0 Å². The van der Waals surface area contributed by atoms with Gasteiger partial charge in [-0.15, -0.1) is 0 Å². The molecular weight excluding hydrogens is 182 g/mol. The lowest BCUT2D eigenvalue weighted by Crippen LogP contribution is -2.35. The summed E-state index contributed by atoms with van der Waals surface area (Å²) in [6, 6.07) is 0.0308. The molecule has 5 nitrogen and oxygen atoms in total. The molecule has 78 valence electrons. The molecule has 0 spiro atoms. The molecular formula is C9H15N3O2. The number of nitrogens with zero attached hydrogens (tertiary/aromatic N) is 2. The molecule has 0 saturated heterocycles. The van der Waals surface area contributed by atoms with Crippen LogP contribution in [0.3, 0.4) is 0 Å². The Morgan fingerprint density at radius 2 is 2.50 bits per heavy atom. The van der Waals surface area contributed by atoms with Crippen molar-refractivity contribution in [1.82, 2.24) is 14.9 Å². The van der Waals surface area contributed by atoms with Gasteiger partial charge in [0.1, 0.15) is 0 Å². The Morgan fingerprint density at radius 3 is 3.07 bits per heavy atom. The number of imidazole rings is 1. The molecule has 1 heterocycles. The first-order valence-corrected chi connectivity index (χ1v) is 4.61. The van der Waals surface area contributed by atoms with E-state index in [0.29, 0.717) is 13.2 Å². The van der Waals surface area contributed by atoms with Crippen LogP contribution >= 0.6 is 0 Å². The first-order chi connectivity index (χ1) is 6.72. The molecule has 1 unspecified atom stereocenters. The van der Waals surface area contributed by atoms with E-state index in [2.05, 4.69) is 10.3 Å². The average Bonchev–Trinajstić information content (AvgIpc) is 2.56. The first kappa shape index (κ1) is 10.6. The van der Waals surface area contributed by atoms with Crippen LogP contribution in [0.25, 0.3) is 0 Å². The van der Waals surface area contributed by atoms with Crippen LogP contribution < -0.4 is 5.32 Å². The average molecular weight is 197 g/mol. The van der Waals surface area contributed by atoms with Crippen molar-refractivity contribution in [2.24, 2.45) is 0 Å². The molecule has 1 atom stereocenters. The van der Waals surface area contributed by atoms with Crippen molar-refractivity contribution in [3.63, 3.8) is 0 Å². The van der Waals surface area contributed by atoms with Crippen LogP contribution in [-0.2, 0) is 11.3 Å². The fourth-order valence-corrected chi connectivity index (χ4v) is 1.13. The highest BCUT2D eigenvalue weighted by atomic mass is 16.5. The van der Waals surface area contributed by atoms with Crippen molar-refractivity contribution in [3.05, 3.63) is 18.7 Å². The lowest BCUT2D eigenvalue weighted by atomic mass is 10.3. The predicted octanol–water partition coefficient (Wildman–Crippen LogP) is 1.02. The molecule has 0 aliphatic rings. The lowest BCUT2D eigenvalue weighted by Gasteiger charge is -2.13. The number of nitrogens with one attached hydrogen (secondary N) is 1. The molecule has 14 heavy (non-hydrogen) atoms. The zero-order valence-corrected chi connectivity index (χ0v) is 8.43. The molecule has 0 aliphatic carbocycles. The van der Waals surface area contributed by atoms with Crippen molar-refractivity contribution in [3.8, 4) is 0 Å². The van der Waals surface area contributed by atoms with E-state index in [4.69, 9.17) is 4.74 Å². The van der Waals surface area contributed by atoms with E-state index >= 15 is 0 Å². The van der Waals surface area contributed by atoms with Crippen molar-refractivity contribution in [2.45, 2.75) is 26.4 Å². The normalized spacial score (nSPS) is 12.1. The van der Waals surface area contributed by atoms with Gasteiger partial charge in [-0.25, -0.2) is 9.78 Å². The van der Waals surface area contributed by atoms with Crippen molar-refractivity contribution >= 4 is 6.09 Å². The number of carbonyl (C=O) groups is 1. The second-order valence-electron chi connectivity index (χ2n) is 3.03. The monoisotopic (exact) mass is 197 g/mol. The molecule has 0 radical (unpaired) electrons. The van der Waals surface area contributed by atoms with Crippen LogP contribution in [0, 0.1) is 0 Å². The maximum atomic E-state index is 11.0. The SMILES string of the molecule is CCOC(=O)NC(C)Cn1ccnc1. The van der Waals surface area contributed by atoms with Gasteiger partial charge in [0.25, 0.3) is 0 Å². The summed E-state index contributed by atoms with van der Waals surface area (Å²) < 4.78 is 6.66. The molecule has 1 aromatic rings. The van der Waals surface area contributed by atoms with Gasteiger partial charge in [-0.1, -0.05) is 0 Å². The smallest absolute Gasteiger partial charge is 0.407 e. The highest BCUT2D eigenvalue weighted by Crippen LogP contribution is 1.92. The number of hydrogen-bond donors (Lipinski definition) is 1. The molecule has 0 aliphatic heterocycles. The van der Waals surface area contributed by atoms with Crippen LogP contribution in [0.1, 0.15) is 13.8 Å². The Kier molecular flexibility index (Phi) is 3.97. The Bertz CT molecular complexity index is 272. The number of hydrogen-bond acceptors (Lipinski definition) is 3. The molecule has 0 aromatic carbocycles. The number of ether oxygens (including phenoxy) is 1. The van der Waals surface area contributed by atoms with Gasteiger partial charge >= 0.3 is 6.09 Å². The second-order valence-corrected chi connectivity index (χ2v) is 3.03. The van der Waals surface area contributed by atoms with Crippen LogP contribution in [0.5, 0.6) is 0 Å². The molecule has 0 saturated carbocycles. The van der Waals surface area contributed by atoms with E-state index in [1.165, 1.54) is 0 Å². The summed E-state index contributed by atoms with van der Waals surface area (Å²) in [5.74, 6) is 0. The summed E-state index contributed by atoms with van der Waals surface area (Å²) in [5, 5.41) is 2.71. The van der Waals surface area contributed by atoms with Crippen molar-refractivity contribution < 1.29 is 9.53 Å². The van der Waals surface area contributed by atoms with Crippen LogP contribution in [-0.4, -0.2) is 28.3 Å². The summed E-state index contributed by atoms with van der Waals surface area (Å²) >= 11 is 0. The van der Waals surface area contributed by atoms with Crippen LogP contribution in [0.4, 0.5) is 4.79 Å². The van der Waals surface area contributed by atoms with Crippen LogP contribution in [0.15, 0.2) is 18.7 Å². The Hall–Kier alpha value is -1.52. The molecule has 1 rings (SSSR count). The van der Waals surface area contributed by atoms with E-state index in [-0.39, 0.29) is 12.1 Å². The Morgan fingerprint density at radius 1 is 1.71 bits per heavy atom. The Balaban J connectivity index is 2.29. The zero-order valence-electron chi connectivity index (χ0n) is 8.43. The molecule has 0 fully saturated rings. The van der Waals surface area contributed by atoms with Gasteiger partial charge in [-0.05, 0) is 13.8 Å². The number of rotatable bonds is 4. The Labute approximate surface area is 83.1 Å². The minimum Gasteiger partial charge on any atom is -0.450 e. The first-order valence-electron chi connectivity index (χ1n) is 4.61. The molecule has 1 amide bonds. The van der Waals surface area contributed by atoms with E-state index in [9.17, 15) is 4.79 Å². The predicted molar refractivity (Wildman–Crippen MR) is 51.8 cm³/mol. The maximum Gasteiger partial charge on any atom is 0.407 e. The van der Waals surface area contributed by atoms with Crippen molar-refractivity contribution in [1.29, 1.82) is 0 Å².